The molecule has 0 aliphatic carbocycles. The number of hydrogen-bond donors (Lipinski definition) is 1. The number of amidine groups is 1. The zero-order valence-corrected chi connectivity index (χ0v) is 12.5. The lowest BCUT2D eigenvalue weighted by Gasteiger charge is -2.15. The first kappa shape index (κ1) is 15.5. The second-order valence-corrected chi connectivity index (χ2v) is 5.56. The minimum absolute atomic E-state index is 0.701. The Kier molecular flexibility index (Phi) is 8.97. The van der Waals surface area contributed by atoms with E-state index in [-0.39, 0.29) is 0 Å². The third-order valence-corrected chi connectivity index (χ3v) is 3.99. The highest BCUT2D eigenvalue weighted by molar-refractivity contribution is 5.85. The predicted molar refractivity (Wildman–Crippen MR) is 81.3 cm³/mol. The summed E-state index contributed by atoms with van der Waals surface area (Å²) < 4.78 is 0. The van der Waals surface area contributed by atoms with Crippen LogP contribution in [0.5, 0.6) is 0 Å². The fraction of sp³-hybridized carbons (Fsp3) is 0.938. The molecule has 0 saturated carbocycles. The Labute approximate surface area is 114 Å². The second kappa shape index (κ2) is 10.4. The van der Waals surface area contributed by atoms with Gasteiger partial charge in [0.2, 0.25) is 0 Å². The fourth-order valence-corrected chi connectivity index (χ4v) is 2.75. The fourth-order valence-electron chi connectivity index (χ4n) is 2.75. The largest absolute Gasteiger partial charge is 0.372 e. The maximum Gasteiger partial charge on any atom is 0.0995 e. The van der Waals surface area contributed by atoms with Gasteiger partial charge in [0.1, 0.15) is 0 Å². The maximum absolute atomic E-state index is 4.56. The van der Waals surface area contributed by atoms with Crippen molar-refractivity contribution in [1.82, 2.24) is 5.32 Å². The molecule has 0 aromatic carbocycles. The van der Waals surface area contributed by atoms with Crippen LogP contribution >= 0.6 is 0 Å². The number of aliphatic imine (C=N–C) groups is 1. The number of nitrogens with zero attached hydrogens (tertiary/aromatic N) is 1. The molecule has 0 bridgehead atoms. The van der Waals surface area contributed by atoms with Crippen molar-refractivity contribution in [1.29, 1.82) is 0 Å². The number of unbranched alkanes of at least 4 members (excludes halogenated alkanes) is 7. The van der Waals surface area contributed by atoms with E-state index in [1.165, 1.54) is 70.0 Å². The molecule has 1 atom stereocenters. The van der Waals surface area contributed by atoms with Crippen LogP contribution in [0, 0.1) is 5.92 Å². The van der Waals surface area contributed by atoms with E-state index in [0.29, 0.717) is 5.92 Å². The van der Waals surface area contributed by atoms with Gasteiger partial charge >= 0.3 is 0 Å². The summed E-state index contributed by atoms with van der Waals surface area (Å²) in [5, 5.41) is 3.43. The van der Waals surface area contributed by atoms with Gasteiger partial charge in [-0.1, -0.05) is 65.2 Å². The molecule has 1 aliphatic heterocycles. The molecule has 0 spiro atoms. The van der Waals surface area contributed by atoms with Crippen LogP contribution < -0.4 is 5.32 Å². The van der Waals surface area contributed by atoms with E-state index in [1.54, 1.807) is 0 Å². The predicted octanol–water partition coefficient (Wildman–Crippen LogP) is 4.55. The molecular weight excluding hydrogens is 220 g/mol. The van der Waals surface area contributed by atoms with Crippen molar-refractivity contribution in [3.05, 3.63) is 0 Å². The highest BCUT2D eigenvalue weighted by atomic mass is 15.1. The van der Waals surface area contributed by atoms with Gasteiger partial charge in [0.25, 0.3) is 0 Å². The summed E-state index contributed by atoms with van der Waals surface area (Å²) in [7, 11) is 0. The van der Waals surface area contributed by atoms with Crippen LogP contribution in [0.4, 0.5) is 0 Å². The molecule has 0 fully saturated rings. The number of nitrogens with one attached hydrogen (secondary N) is 1. The van der Waals surface area contributed by atoms with Gasteiger partial charge in [0.15, 0.2) is 0 Å². The first-order chi connectivity index (χ1) is 8.88. The Balaban J connectivity index is 1.95. The zero-order valence-electron chi connectivity index (χ0n) is 12.5. The first-order valence-corrected chi connectivity index (χ1v) is 8.16. The zero-order chi connectivity index (χ0) is 13.1. The van der Waals surface area contributed by atoms with Gasteiger partial charge in [-0.25, -0.2) is 0 Å². The maximum atomic E-state index is 4.56. The van der Waals surface area contributed by atoms with Gasteiger partial charge < -0.3 is 5.32 Å². The normalized spacial score (nSPS) is 16.4. The molecule has 1 N–H and O–H groups in total. The molecule has 0 aromatic rings. The molecule has 0 aromatic heterocycles. The van der Waals surface area contributed by atoms with Crippen LogP contribution in [0.15, 0.2) is 4.99 Å². The molecule has 2 heteroatoms. The van der Waals surface area contributed by atoms with E-state index in [0.717, 1.165) is 13.1 Å². The molecule has 1 rings (SSSR count). The SMILES string of the molecule is CCCCCCCCCCC(CC)C1=NCCN1. The Bertz CT molecular complexity index is 223. The van der Waals surface area contributed by atoms with Crippen molar-refractivity contribution in [2.45, 2.75) is 78.1 Å². The lowest BCUT2D eigenvalue weighted by molar-refractivity contribution is 0.516. The average Bonchev–Trinajstić information content (AvgIpc) is 2.91. The van der Waals surface area contributed by atoms with E-state index in [2.05, 4.69) is 24.2 Å². The highest BCUT2D eigenvalue weighted by Crippen LogP contribution is 2.17. The molecule has 1 aliphatic rings. The van der Waals surface area contributed by atoms with Crippen molar-refractivity contribution in [2.75, 3.05) is 13.1 Å². The van der Waals surface area contributed by atoms with Crippen molar-refractivity contribution < 1.29 is 0 Å². The Morgan fingerprint density at radius 3 is 2.22 bits per heavy atom. The summed E-state index contributed by atoms with van der Waals surface area (Å²) in [4.78, 5) is 4.56. The minimum atomic E-state index is 0.701. The van der Waals surface area contributed by atoms with Gasteiger partial charge in [-0.05, 0) is 12.8 Å². The van der Waals surface area contributed by atoms with Crippen LogP contribution in [0.3, 0.4) is 0 Å². The molecule has 1 unspecified atom stereocenters. The molecule has 1 heterocycles. The Hall–Kier alpha value is -0.530. The van der Waals surface area contributed by atoms with Gasteiger partial charge in [-0.2, -0.15) is 0 Å². The molecule has 2 nitrogen and oxygen atoms in total. The van der Waals surface area contributed by atoms with Crippen LogP contribution in [-0.4, -0.2) is 18.9 Å². The van der Waals surface area contributed by atoms with Crippen molar-refractivity contribution in [3.63, 3.8) is 0 Å². The molecule has 0 saturated heterocycles. The van der Waals surface area contributed by atoms with Crippen molar-refractivity contribution in [3.8, 4) is 0 Å². The standard InChI is InChI=1S/C16H32N2/c1-3-5-6-7-8-9-10-11-12-15(4-2)16-17-13-14-18-16/h15H,3-14H2,1-2H3,(H,17,18). The lowest BCUT2D eigenvalue weighted by Crippen LogP contribution is -2.26. The van der Waals surface area contributed by atoms with E-state index in [9.17, 15) is 0 Å². The van der Waals surface area contributed by atoms with Gasteiger partial charge in [0, 0.05) is 12.5 Å². The Morgan fingerprint density at radius 1 is 1.00 bits per heavy atom. The number of rotatable bonds is 11. The third kappa shape index (κ3) is 6.42. The molecular formula is C16H32N2. The monoisotopic (exact) mass is 252 g/mol. The van der Waals surface area contributed by atoms with Crippen molar-refractivity contribution >= 4 is 5.84 Å². The van der Waals surface area contributed by atoms with E-state index in [4.69, 9.17) is 0 Å². The molecule has 0 radical (unpaired) electrons. The van der Waals surface area contributed by atoms with Gasteiger partial charge in [0.05, 0.1) is 12.4 Å². The summed E-state index contributed by atoms with van der Waals surface area (Å²) in [6.45, 7) is 6.62. The quantitative estimate of drug-likeness (QED) is 0.536. The van der Waals surface area contributed by atoms with Crippen molar-refractivity contribution in [2.24, 2.45) is 10.9 Å². The average molecular weight is 252 g/mol. The van der Waals surface area contributed by atoms with Crippen LogP contribution in [0.1, 0.15) is 78.1 Å². The minimum Gasteiger partial charge on any atom is -0.372 e. The van der Waals surface area contributed by atoms with Gasteiger partial charge in [-0.3, -0.25) is 4.99 Å². The van der Waals surface area contributed by atoms with E-state index < -0.39 is 0 Å². The van der Waals surface area contributed by atoms with Crippen LogP contribution in [0.2, 0.25) is 0 Å². The van der Waals surface area contributed by atoms with Crippen LogP contribution in [0.25, 0.3) is 0 Å². The first-order valence-electron chi connectivity index (χ1n) is 8.16. The third-order valence-electron chi connectivity index (χ3n) is 3.99. The van der Waals surface area contributed by atoms with Crippen LogP contribution in [-0.2, 0) is 0 Å². The summed E-state index contributed by atoms with van der Waals surface area (Å²) >= 11 is 0. The molecule has 106 valence electrons. The topological polar surface area (TPSA) is 24.4 Å². The van der Waals surface area contributed by atoms with E-state index >= 15 is 0 Å². The second-order valence-electron chi connectivity index (χ2n) is 5.56. The summed E-state index contributed by atoms with van der Waals surface area (Å²) in [6.07, 6.45) is 13.9. The lowest BCUT2D eigenvalue weighted by atomic mass is 9.96. The molecule has 18 heavy (non-hydrogen) atoms. The summed E-state index contributed by atoms with van der Waals surface area (Å²) in [5.74, 6) is 1.99. The molecule has 0 amide bonds. The Morgan fingerprint density at radius 2 is 1.67 bits per heavy atom. The summed E-state index contributed by atoms with van der Waals surface area (Å²) in [5.41, 5.74) is 0. The number of hydrogen-bond acceptors (Lipinski definition) is 2. The highest BCUT2D eigenvalue weighted by Gasteiger charge is 2.15. The summed E-state index contributed by atoms with van der Waals surface area (Å²) in [6, 6.07) is 0. The smallest absolute Gasteiger partial charge is 0.0995 e. The van der Waals surface area contributed by atoms with Gasteiger partial charge in [-0.15, -0.1) is 0 Å². The van der Waals surface area contributed by atoms with E-state index in [1.807, 2.05) is 0 Å².